The Labute approximate surface area is 111 Å². The van der Waals surface area contributed by atoms with Crippen LogP contribution in [-0.4, -0.2) is 23.0 Å². The number of nitrogens with two attached hydrogens (primary N) is 1. The molecule has 0 fully saturated rings. The van der Waals surface area contributed by atoms with E-state index in [1.807, 2.05) is 24.4 Å². The minimum Gasteiger partial charge on any atom is -0.409 e. The fraction of sp³-hybridized carbons (Fsp3) is 0.500. The van der Waals surface area contributed by atoms with Crippen LogP contribution in [0.1, 0.15) is 25.6 Å². The van der Waals surface area contributed by atoms with Crippen LogP contribution in [-0.2, 0) is 11.2 Å². The highest BCUT2D eigenvalue weighted by Gasteiger charge is 2.33. The van der Waals surface area contributed by atoms with Gasteiger partial charge in [0.05, 0.1) is 0 Å². The standard InChI is InChI=1S/C12H19N3O2S/c1-8(7-9-5-4-6-18-9)14-11(16)12(2,3)10(13)15-17/h4-6,8,17H,7H2,1-3H3,(H2,13,15)(H,14,16). The lowest BCUT2D eigenvalue weighted by Crippen LogP contribution is -2.48. The summed E-state index contributed by atoms with van der Waals surface area (Å²) in [5.74, 6) is -0.342. The molecule has 0 saturated carbocycles. The Hall–Kier alpha value is -1.56. The number of nitrogens with one attached hydrogen (secondary N) is 1. The Kier molecular flexibility index (Phi) is 4.72. The highest BCUT2D eigenvalue weighted by molar-refractivity contribution is 7.09. The third kappa shape index (κ3) is 3.46. The number of hydrogen-bond acceptors (Lipinski definition) is 4. The van der Waals surface area contributed by atoms with Crippen molar-refractivity contribution in [2.24, 2.45) is 16.3 Å². The predicted octanol–water partition coefficient (Wildman–Crippen LogP) is 1.57. The highest BCUT2D eigenvalue weighted by Crippen LogP contribution is 2.17. The molecule has 6 heteroatoms. The van der Waals surface area contributed by atoms with Gasteiger partial charge in [0, 0.05) is 17.3 Å². The van der Waals surface area contributed by atoms with Gasteiger partial charge in [0.1, 0.15) is 5.41 Å². The number of carbonyl (C=O) groups is 1. The first kappa shape index (κ1) is 14.5. The van der Waals surface area contributed by atoms with E-state index in [2.05, 4.69) is 10.5 Å². The second-order valence-electron chi connectivity index (χ2n) is 4.77. The first-order valence-corrected chi connectivity index (χ1v) is 6.57. The molecule has 1 atom stereocenters. The molecule has 0 aromatic carbocycles. The van der Waals surface area contributed by atoms with Crippen LogP contribution in [0, 0.1) is 5.41 Å². The second-order valence-corrected chi connectivity index (χ2v) is 5.80. The van der Waals surface area contributed by atoms with Crippen LogP contribution in [0.4, 0.5) is 0 Å². The van der Waals surface area contributed by atoms with E-state index < -0.39 is 5.41 Å². The van der Waals surface area contributed by atoms with Gasteiger partial charge in [-0.3, -0.25) is 4.79 Å². The van der Waals surface area contributed by atoms with Crippen molar-refractivity contribution in [3.8, 4) is 0 Å². The molecule has 0 aliphatic rings. The van der Waals surface area contributed by atoms with Crippen molar-refractivity contribution in [1.29, 1.82) is 0 Å². The Morgan fingerprint density at radius 3 is 2.83 bits per heavy atom. The van der Waals surface area contributed by atoms with Gasteiger partial charge in [-0.15, -0.1) is 11.3 Å². The first-order valence-electron chi connectivity index (χ1n) is 5.69. The quantitative estimate of drug-likeness (QED) is 0.328. The van der Waals surface area contributed by atoms with Gasteiger partial charge in [-0.2, -0.15) is 0 Å². The highest BCUT2D eigenvalue weighted by atomic mass is 32.1. The minimum atomic E-state index is -1.02. The van der Waals surface area contributed by atoms with Gasteiger partial charge in [0.25, 0.3) is 0 Å². The summed E-state index contributed by atoms with van der Waals surface area (Å²) in [4.78, 5) is 13.2. The number of amides is 1. The lowest BCUT2D eigenvalue weighted by atomic mass is 9.90. The molecule has 100 valence electrons. The molecule has 0 saturated heterocycles. The fourth-order valence-electron chi connectivity index (χ4n) is 1.43. The molecule has 18 heavy (non-hydrogen) atoms. The number of oxime groups is 1. The molecule has 1 amide bonds. The molecule has 1 aromatic rings. The van der Waals surface area contributed by atoms with Crippen molar-refractivity contribution >= 4 is 23.1 Å². The monoisotopic (exact) mass is 269 g/mol. The van der Waals surface area contributed by atoms with E-state index in [4.69, 9.17) is 10.9 Å². The maximum absolute atomic E-state index is 12.0. The maximum atomic E-state index is 12.0. The van der Waals surface area contributed by atoms with Gasteiger partial charge in [0.15, 0.2) is 5.84 Å². The molecule has 0 bridgehead atoms. The SMILES string of the molecule is CC(Cc1cccs1)NC(=O)C(C)(C)C(N)=NO. The van der Waals surface area contributed by atoms with Crippen LogP contribution < -0.4 is 11.1 Å². The van der Waals surface area contributed by atoms with Gasteiger partial charge in [-0.25, -0.2) is 0 Å². The van der Waals surface area contributed by atoms with Gasteiger partial charge in [0.2, 0.25) is 5.91 Å². The molecule has 0 aliphatic heterocycles. The number of rotatable bonds is 5. The average molecular weight is 269 g/mol. The van der Waals surface area contributed by atoms with Crippen molar-refractivity contribution < 1.29 is 10.0 Å². The minimum absolute atomic E-state index is 0.00178. The summed E-state index contributed by atoms with van der Waals surface area (Å²) >= 11 is 1.66. The van der Waals surface area contributed by atoms with Gasteiger partial charge < -0.3 is 16.3 Å². The summed E-state index contributed by atoms with van der Waals surface area (Å²) in [5.41, 5.74) is 4.49. The molecule has 1 heterocycles. The molecule has 0 radical (unpaired) electrons. The van der Waals surface area contributed by atoms with E-state index in [-0.39, 0.29) is 17.8 Å². The van der Waals surface area contributed by atoms with E-state index in [1.165, 1.54) is 4.88 Å². The molecular weight excluding hydrogens is 250 g/mol. The zero-order chi connectivity index (χ0) is 13.8. The van der Waals surface area contributed by atoms with Crippen LogP contribution in [0.3, 0.4) is 0 Å². The molecule has 1 unspecified atom stereocenters. The van der Waals surface area contributed by atoms with Crippen molar-refractivity contribution in [2.75, 3.05) is 0 Å². The van der Waals surface area contributed by atoms with E-state index in [1.54, 1.807) is 25.2 Å². The maximum Gasteiger partial charge on any atom is 0.233 e. The Morgan fingerprint density at radius 1 is 1.67 bits per heavy atom. The third-order valence-corrected chi connectivity index (χ3v) is 3.68. The van der Waals surface area contributed by atoms with E-state index in [0.717, 1.165) is 6.42 Å². The molecule has 0 spiro atoms. The lowest BCUT2D eigenvalue weighted by Gasteiger charge is -2.24. The van der Waals surface area contributed by atoms with Crippen LogP contribution in [0.5, 0.6) is 0 Å². The fourth-order valence-corrected chi connectivity index (χ4v) is 2.26. The normalized spacial score (nSPS) is 14.3. The van der Waals surface area contributed by atoms with Crippen LogP contribution >= 0.6 is 11.3 Å². The number of thiophene rings is 1. The summed E-state index contributed by atoms with van der Waals surface area (Å²) in [6.07, 6.45) is 0.773. The number of amidine groups is 1. The molecule has 0 aliphatic carbocycles. The van der Waals surface area contributed by atoms with Gasteiger partial charge >= 0.3 is 0 Å². The van der Waals surface area contributed by atoms with Crippen molar-refractivity contribution in [1.82, 2.24) is 5.32 Å². The molecule has 1 rings (SSSR count). The van der Waals surface area contributed by atoms with Crippen LogP contribution in [0.25, 0.3) is 0 Å². The van der Waals surface area contributed by atoms with Crippen molar-refractivity contribution in [3.05, 3.63) is 22.4 Å². The number of carbonyl (C=O) groups excluding carboxylic acids is 1. The van der Waals surface area contributed by atoms with Crippen LogP contribution in [0.2, 0.25) is 0 Å². The lowest BCUT2D eigenvalue weighted by molar-refractivity contribution is -0.127. The van der Waals surface area contributed by atoms with E-state index >= 15 is 0 Å². The average Bonchev–Trinajstić information content (AvgIpc) is 2.80. The molecule has 1 aromatic heterocycles. The Morgan fingerprint density at radius 2 is 2.33 bits per heavy atom. The zero-order valence-electron chi connectivity index (χ0n) is 10.8. The smallest absolute Gasteiger partial charge is 0.233 e. The number of hydrogen-bond donors (Lipinski definition) is 3. The summed E-state index contributed by atoms with van der Waals surface area (Å²) < 4.78 is 0. The van der Waals surface area contributed by atoms with Crippen molar-refractivity contribution in [2.45, 2.75) is 33.2 Å². The number of nitrogens with zero attached hydrogens (tertiary/aromatic N) is 1. The van der Waals surface area contributed by atoms with Crippen molar-refractivity contribution in [3.63, 3.8) is 0 Å². The summed E-state index contributed by atoms with van der Waals surface area (Å²) in [6, 6.07) is 4.01. The Bertz CT molecular complexity index is 427. The first-order chi connectivity index (χ1) is 8.37. The van der Waals surface area contributed by atoms with E-state index in [0.29, 0.717) is 0 Å². The Balaban J connectivity index is 2.59. The predicted molar refractivity (Wildman–Crippen MR) is 72.8 cm³/mol. The van der Waals surface area contributed by atoms with Gasteiger partial charge in [-0.1, -0.05) is 11.2 Å². The molecule has 4 N–H and O–H groups in total. The molecular formula is C12H19N3O2S. The van der Waals surface area contributed by atoms with E-state index in [9.17, 15) is 4.79 Å². The molecule has 5 nitrogen and oxygen atoms in total. The summed E-state index contributed by atoms with van der Waals surface area (Å²) in [7, 11) is 0. The largest absolute Gasteiger partial charge is 0.409 e. The topological polar surface area (TPSA) is 87.7 Å². The van der Waals surface area contributed by atoms with Gasteiger partial charge in [-0.05, 0) is 32.2 Å². The summed E-state index contributed by atoms with van der Waals surface area (Å²) in [5, 5.41) is 16.4. The summed E-state index contributed by atoms with van der Waals surface area (Å²) in [6.45, 7) is 5.17. The third-order valence-electron chi connectivity index (χ3n) is 2.78. The second kappa shape index (κ2) is 5.86. The van der Waals surface area contributed by atoms with Crippen LogP contribution in [0.15, 0.2) is 22.7 Å². The zero-order valence-corrected chi connectivity index (χ0v) is 11.6.